The molecule has 0 aliphatic carbocycles. The van der Waals surface area contributed by atoms with Gasteiger partial charge in [0.2, 0.25) is 11.8 Å². The summed E-state index contributed by atoms with van der Waals surface area (Å²) in [5, 5.41) is 12.7. The zero-order valence-electron chi connectivity index (χ0n) is 24.2. The highest BCUT2D eigenvalue weighted by Gasteiger charge is 2.22. The molecule has 11 nitrogen and oxygen atoms in total. The van der Waals surface area contributed by atoms with Crippen molar-refractivity contribution in [1.82, 2.24) is 30.1 Å². The fourth-order valence-corrected chi connectivity index (χ4v) is 5.87. The van der Waals surface area contributed by atoms with Gasteiger partial charge in [0.25, 0.3) is 0 Å². The smallest absolute Gasteiger partial charge is 0.406 e. The van der Waals surface area contributed by atoms with Gasteiger partial charge in [0.05, 0.1) is 31.3 Å². The van der Waals surface area contributed by atoms with Crippen LogP contribution in [0, 0.1) is 5.92 Å². The first-order valence-corrected chi connectivity index (χ1v) is 15.3. The standard InChI is InChI=1S/C30H37Cl2N7O4/c1-33-30(41)42-20-21-2-4-38(5-3-21)19-22-12-27(23-14-24(31)16-25(32)15-23)36-28(13-22)43-26-17-34-29(35-18-26)39-8-6-37(7-9-39)10-11-40/h12-18,21,40H,2-11,19-20H2,1H3,(H,33,41). The van der Waals surface area contributed by atoms with Crippen molar-refractivity contribution in [2.24, 2.45) is 5.92 Å². The fourth-order valence-electron chi connectivity index (χ4n) is 5.35. The van der Waals surface area contributed by atoms with Crippen LogP contribution in [0.4, 0.5) is 10.7 Å². The number of aliphatic hydroxyl groups is 1. The number of carbonyl (C=O) groups is 1. The van der Waals surface area contributed by atoms with Crippen molar-refractivity contribution in [2.75, 3.05) is 71.0 Å². The molecular formula is C30H37Cl2N7O4. The molecule has 2 aliphatic heterocycles. The summed E-state index contributed by atoms with van der Waals surface area (Å²) in [5.74, 6) is 1.91. The summed E-state index contributed by atoms with van der Waals surface area (Å²) in [6, 6.07) is 9.33. The van der Waals surface area contributed by atoms with Gasteiger partial charge in [0, 0.05) is 68.0 Å². The molecule has 2 aromatic heterocycles. The van der Waals surface area contributed by atoms with Gasteiger partial charge >= 0.3 is 6.09 Å². The zero-order valence-corrected chi connectivity index (χ0v) is 25.7. The summed E-state index contributed by atoms with van der Waals surface area (Å²) < 4.78 is 11.4. The first-order chi connectivity index (χ1) is 20.9. The summed E-state index contributed by atoms with van der Waals surface area (Å²) >= 11 is 12.6. The number of ether oxygens (including phenoxy) is 2. The predicted octanol–water partition coefficient (Wildman–Crippen LogP) is 4.32. The van der Waals surface area contributed by atoms with Crippen LogP contribution in [0.5, 0.6) is 11.6 Å². The number of carbonyl (C=O) groups excluding carboxylic acids is 1. The Morgan fingerprint density at radius 3 is 2.33 bits per heavy atom. The van der Waals surface area contributed by atoms with Gasteiger partial charge in [-0.25, -0.2) is 19.7 Å². The maximum Gasteiger partial charge on any atom is 0.406 e. The van der Waals surface area contributed by atoms with Gasteiger partial charge in [-0.3, -0.25) is 9.80 Å². The fraction of sp³-hybridized carbons (Fsp3) is 0.467. The van der Waals surface area contributed by atoms with Gasteiger partial charge in [-0.05, 0) is 61.7 Å². The van der Waals surface area contributed by atoms with E-state index in [-0.39, 0.29) is 6.61 Å². The average molecular weight is 631 g/mol. The van der Waals surface area contributed by atoms with Crippen LogP contribution in [0.25, 0.3) is 11.3 Å². The molecule has 0 radical (unpaired) electrons. The molecule has 43 heavy (non-hydrogen) atoms. The van der Waals surface area contributed by atoms with Crippen molar-refractivity contribution < 1.29 is 19.4 Å². The van der Waals surface area contributed by atoms with Crippen molar-refractivity contribution in [2.45, 2.75) is 19.4 Å². The van der Waals surface area contributed by atoms with E-state index in [9.17, 15) is 9.90 Å². The van der Waals surface area contributed by atoms with E-state index in [4.69, 9.17) is 37.7 Å². The molecule has 3 aromatic rings. The minimum Gasteiger partial charge on any atom is -0.449 e. The van der Waals surface area contributed by atoms with Crippen molar-refractivity contribution in [3.05, 3.63) is 58.3 Å². The second-order valence-electron chi connectivity index (χ2n) is 10.8. The lowest BCUT2D eigenvalue weighted by molar-refractivity contribution is 0.0955. The quantitative estimate of drug-likeness (QED) is 0.336. The van der Waals surface area contributed by atoms with Crippen LogP contribution in [0.2, 0.25) is 10.0 Å². The lowest BCUT2D eigenvalue weighted by Gasteiger charge is -2.34. The topological polar surface area (TPSA) is 116 Å². The molecule has 1 amide bonds. The summed E-state index contributed by atoms with van der Waals surface area (Å²) in [6.07, 6.45) is 4.83. The molecule has 13 heteroatoms. The van der Waals surface area contributed by atoms with Crippen LogP contribution in [-0.2, 0) is 11.3 Å². The number of anilines is 1. The Bertz CT molecular complexity index is 1340. The number of nitrogens with zero attached hydrogens (tertiary/aromatic N) is 6. The number of nitrogens with one attached hydrogen (secondary N) is 1. The molecular weight excluding hydrogens is 593 g/mol. The molecule has 4 heterocycles. The van der Waals surface area contributed by atoms with Crippen molar-refractivity contribution in [3.63, 3.8) is 0 Å². The minimum atomic E-state index is -0.391. The second-order valence-corrected chi connectivity index (χ2v) is 11.7. The number of piperazine rings is 1. The summed E-state index contributed by atoms with van der Waals surface area (Å²) in [6.45, 7) is 7.09. The molecule has 0 spiro atoms. The van der Waals surface area contributed by atoms with Gasteiger partial charge in [0.15, 0.2) is 5.75 Å². The van der Waals surface area contributed by atoms with Crippen LogP contribution in [0.1, 0.15) is 18.4 Å². The number of piperidine rings is 1. The van der Waals surface area contributed by atoms with Gasteiger partial charge < -0.3 is 24.8 Å². The summed E-state index contributed by atoms with van der Waals surface area (Å²) in [7, 11) is 1.56. The summed E-state index contributed by atoms with van der Waals surface area (Å²) in [5.41, 5.74) is 2.53. The Hall–Kier alpha value is -3.22. The van der Waals surface area contributed by atoms with Crippen LogP contribution in [-0.4, -0.2) is 102 Å². The molecule has 0 bridgehead atoms. The number of halogens is 2. The first-order valence-electron chi connectivity index (χ1n) is 14.5. The SMILES string of the molecule is CNC(=O)OCC1CCN(Cc2cc(Oc3cnc(N4CCN(CCO)CC4)nc3)nc(-c3cc(Cl)cc(Cl)c3)c2)CC1. The number of benzene rings is 1. The molecule has 0 unspecified atom stereocenters. The van der Waals surface area contributed by atoms with Crippen molar-refractivity contribution in [1.29, 1.82) is 0 Å². The van der Waals surface area contributed by atoms with E-state index in [1.165, 1.54) is 0 Å². The highest BCUT2D eigenvalue weighted by atomic mass is 35.5. The second kappa shape index (κ2) is 15.0. The number of pyridine rings is 1. The van der Waals surface area contributed by atoms with E-state index in [2.05, 4.69) is 30.0 Å². The van der Waals surface area contributed by atoms with Gasteiger partial charge in [-0.1, -0.05) is 23.2 Å². The first kappa shape index (κ1) is 31.2. The van der Waals surface area contributed by atoms with E-state index >= 15 is 0 Å². The number of aliphatic hydroxyl groups excluding tert-OH is 1. The summed E-state index contributed by atoms with van der Waals surface area (Å²) in [4.78, 5) is 32.0. The van der Waals surface area contributed by atoms with Gasteiger partial charge in [0.1, 0.15) is 0 Å². The number of hydrogen-bond acceptors (Lipinski definition) is 10. The molecule has 2 saturated heterocycles. The molecule has 2 N–H and O–H groups in total. The Morgan fingerprint density at radius 2 is 1.67 bits per heavy atom. The molecule has 0 atom stereocenters. The van der Waals surface area contributed by atoms with E-state index < -0.39 is 6.09 Å². The number of likely N-dealkylation sites (tertiary alicyclic amines) is 1. The van der Waals surface area contributed by atoms with E-state index in [0.29, 0.717) is 58.9 Å². The largest absolute Gasteiger partial charge is 0.449 e. The number of alkyl carbamates (subject to hydrolysis) is 1. The molecule has 5 rings (SSSR count). The predicted molar refractivity (Wildman–Crippen MR) is 166 cm³/mol. The maximum absolute atomic E-state index is 11.4. The highest BCUT2D eigenvalue weighted by molar-refractivity contribution is 6.35. The average Bonchev–Trinajstić information content (AvgIpc) is 3.01. The number of rotatable bonds is 10. The third kappa shape index (κ3) is 8.90. The molecule has 2 fully saturated rings. The third-order valence-electron chi connectivity index (χ3n) is 7.70. The molecule has 1 aromatic carbocycles. The molecule has 0 saturated carbocycles. The lowest BCUT2D eigenvalue weighted by atomic mass is 9.97. The Kier molecular flexibility index (Phi) is 10.9. The third-order valence-corrected chi connectivity index (χ3v) is 8.13. The minimum absolute atomic E-state index is 0.165. The van der Waals surface area contributed by atoms with Gasteiger partial charge in [-0.15, -0.1) is 0 Å². The molecule has 2 aliphatic rings. The zero-order chi connectivity index (χ0) is 30.2. The molecule has 230 valence electrons. The van der Waals surface area contributed by atoms with Crippen LogP contribution in [0.15, 0.2) is 42.7 Å². The van der Waals surface area contributed by atoms with E-state index in [1.54, 1.807) is 25.5 Å². The lowest BCUT2D eigenvalue weighted by Crippen LogP contribution is -2.47. The number of amides is 1. The monoisotopic (exact) mass is 629 g/mol. The number of β-amino-alcohol motifs (C(OH)–C–C–N with tert-alkyl or cyclic N) is 1. The van der Waals surface area contributed by atoms with Crippen LogP contribution >= 0.6 is 23.2 Å². The Balaban J connectivity index is 1.28. The maximum atomic E-state index is 11.4. The number of aromatic nitrogens is 3. The number of hydrogen-bond donors (Lipinski definition) is 2. The van der Waals surface area contributed by atoms with E-state index in [0.717, 1.165) is 63.2 Å². The van der Waals surface area contributed by atoms with Gasteiger partial charge in [-0.2, -0.15) is 0 Å². The van der Waals surface area contributed by atoms with Crippen LogP contribution in [0.3, 0.4) is 0 Å². The Labute approximate surface area is 261 Å². The van der Waals surface area contributed by atoms with Crippen molar-refractivity contribution in [3.8, 4) is 22.9 Å². The van der Waals surface area contributed by atoms with Crippen molar-refractivity contribution >= 4 is 35.2 Å². The highest BCUT2D eigenvalue weighted by Crippen LogP contribution is 2.31. The van der Waals surface area contributed by atoms with E-state index in [1.807, 2.05) is 24.3 Å². The Morgan fingerprint density at radius 1 is 0.977 bits per heavy atom. The van der Waals surface area contributed by atoms with Crippen LogP contribution < -0.4 is 15.0 Å². The normalized spacial score (nSPS) is 16.7.